The van der Waals surface area contributed by atoms with E-state index in [0.717, 1.165) is 26.2 Å². The largest absolute Gasteiger partial charge is 0.389 e. The number of amides is 1. The fourth-order valence-corrected chi connectivity index (χ4v) is 1.63. The highest BCUT2D eigenvalue weighted by molar-refractivity contribution is 5.75. The Morgan fingerprint density at radius 3 is 2.53 bits per heavy atom. The highest BCUT2D eigenvalue weighted by Crippen LogP contribution is 2.20. The van der Waals surface area contributed by atoms with Gasteiger partial charge in [-0.05, 0) is 0 Å². The number of nitrogens with one attached hydrogen (secondary N) is 2. The number of alkyl halides is 3. The fourth-order valence-electron chi connectivity index (χ4n) is 1.63. The highest BCUT2D eigenvalue weighted by Gasteiger charge is 2.27. The number of hydrogen-bond acceptors (Lipinski definition) is 3. The maximum absolute atomic E-state index is 11.8. The summed E-state index contributed by atoms with van der Waals surface area (Å²) in [5.74, 6) is -0.530. The van der Waals surface area contributed by atoms with Crippen molar-refractivity contribution in [2.45, 2.75) is 19.0 Å². The SMILES string of the molecule is O=C(CCC(F)(F)F)NCCN1CCNCC1. The molecule has 0 aromatic carbocycles. The van der Waals surface area contributed by atoms with Gasteiger partial charge in [0.2, 0.25) is 5.91 Å². The molecule has 2 N–H and O–H groups in total. The van der Waals surface area contributed by atoms with Crippen LogP contribution in [0.2, 0.25) is 0 Å². The van der Waals surface area contributed by atoms with Crippen LogP contribution in [0.1, 0.15) is 12.8 Å². The predicted molar refractivity (Wildman–Crippen MR) is 57.6 cm³/mol. The second-order valence-electron chi connectivity index (χ2n) is 4.06. The molecule has 0 radical (unpaired) electrons. The van der Waals surface area contributed by atoms with Gasteiger partial charge in [0.25, 0.3) is 0 Å². The molecular weight excluding hydrogens is 235 g/mol. The summed E-state index contributed by atoms with van der Waals surface area (Å²) in [6.45, 7) is 4.77. The smallest absolute Gasteiger partial charge is 0.355 e. The molecule has 0 aromatic heterocycles. The zero-order chi connectivity index (χ0) is 12.7. The summed E-state index contributed by atoms with van der Waals surface area (Å²) in [7, 11) is 0. The first-order valence-electron chi connectivity index (χ1n) is 5.74. The highest BCUT2D eigenvalue weighted by atomic mass is 19.4. The molecule has 17 heavy (non-hydrogen) atoms. The second-order valence-corrected chi connectivity index (χ2v) is 4.06. The topological polar surface area (TPSA) is 44.4 Å². The van der Waals surface area contributed by atoms with E-state index >= 15 is 0 Å². The molecule has 1 saturated heterocycles. The third kappa shape index (κ3) is 7.17. The van der Waals surface area contributed by atoms with Crippen LogP contribution in [0.25, 0.3) is 0 Å². The predicted octanol–water partition coefficient (Wildman–Crippen LogP) is 0.350. The maximum atomic E-state index is 11.8. The Hall–Kier alpha value is -0.820. The van der Waals surface area contributed by atoms with Gasteiger partial charge in [-0.15, -0.1) is 0 Å². The van der Waals surface area contributed by atoms with Crippen molar-refractivity contribution in [3.05, 3.63) is 0 Å². The number of carbonyl (C=O) groups excluding carboxylic acids is 1. The zero-order valence-electron chi connectivity index (χ0n) is 9.65. The molecule has 1 aliphatic heterocycles. The maximum Gasteiger partial charge on any atom is 0.389 e. The van der Waals surface area contributed by atoms with E-state index in [9.17, 15) is 18.0 Å². The molecule has 1 aliphatic rings. The first-order chi connectivity index (χ1) is 7.97. The van der Waals surface area contributed by atoms with Crippen molar-refractivity contribution in [2.24, 2.45) is 0 Å². The number of halogens is 3. The Kier molecular flexibility index (Phi) is 5.70. The van der Waals surface area contributed by atoms with Crippen LogP contribution in [0.3, 0.4) is 0 Å². The van der Waals surface area contributed by atoms with E-state index in [4.69, 9.17) is 0 Å². The van der Waals surface area contributed by atoms with Crippen molar-refractivity contribution >= 4 is 5.91 Å². The van der Waals surface area contributed by atoms with Crippen molar-refractivity contribution in [3.63, 3.8) is 0 Å². The van der Waals surface area contributed by atoms with Crippen LogP contribution in [-0.4, -0.2) is 56.3 Å². The van der Waals surface area contributed by atoms with Crippen LogP contribution in [0.5, 0.6) is 0 Å². The van der Waals surface area contributed by atoms with E-state index in [-0.39, 0.29) is 0 Å². The monoisotopic (exact) mass is 253 g/mol. The van der Waals surface area contributed by atoms with Crippen LogP contribution >= 0.6 is 0 Å². The van der Waals surface area contributed by atoms with Gasteiger partial charge in [-0.2, -0.15) is 13.2 Å². The number of piperazine rings is 1. The van der Waals surface area contributed by atoms with Crippen LogP contribution in [0.15, 0.2) is 0 Å². The van der Waals surface area contributed by atoms with Gasteiger partial charge >= 0.3 is 6.18 Å². The molecule has 0 aromatic rings. The summed E-state index contributed by atoms with van der Waals surface area (Å²) >= 11 is 0. The summed E-state index contributed by atoms with van der Waals surface area (Å²) in [6, 6.07) is 0. The summed E-state index contributed by atoms with van der Waals surface area (Å²) in [5, 5.41) is 5.70. The van der Waals surface area contributed by atoms with Crippen molar-refractivity contribution < 1.29 is 18.0 Å². The number of carbonyl (C=O) groups is 1. The van der Waals surface area contributed by atoms with Crippen molar-refractivity contribution in [1.82, 2.24) is 15.5 Å². The molecule has 0 saturated carbocycles. The molecule has 0 unspecified atom stereocenters. The van der Waals surface area contributed by atoms with Gasteiger partial charge in [-0.1, -0.05) is 0 Å². The lowest BCUT2D eigenvalue weighted by Crippen LogP contribution is -2.46. The lowest BCUT2D eigenvalue weighted by molar-refractivity contribution is -0.144. The molecule has 0 atom stereocenters. The molecule has 1 rings (SSSR count). The lowest BCUT2D eigenvalue weighted by Gasteiger charge is -2.27. The Balaban J connectivity index is 2.03. The summed E-state index contributed by atoms with van der Waals surface area (Å²) in [4.78, 5) is 13.3. The van der Waals surface area contributed by atoms with Gasteiger partial charge in [0.1, 0.15) is 0 Å². The Labute approximate surface area is 98.5 Å². The van der Waals surface area contributed by atoms with Gasteiger partial charge in [0.05, 0.1) is 6.42 Å². The van der Waals surface area contributed by atoms with Gasteiger partial charge in [0.15, 0.2) is 0 Å². The molecule has 0 aliphatic carbocycles. The molecule has 1 fully saturated rings. The molecule has 0 spiro atoms. The standard InChI is InChI=1S/C10H18F3N3O/c11-10(12,13)2-1-9(17)15-5-8-16-6-3-14-4-7-16/h14H,1-8H2,(H,15,17). The third-order valence-corrected chi connectivity index (χ3v) is 2.60. The number of nitrogens with zero attached hydrogens (tertiary/aromatic N) is 1. The summed E-state index contributed by atoms with van der Waals surface area (Å²) in [5.41, 5.74) is 0. The van der Waals surface area contributed by atoms with E-state index in [2.05, 4.69) is 15.5 Å². The number of rotatable bonds is 5. The van der Waals surface area contributed by atoms with Crippen molar-refractivity contribution in [1.29, 1.82) is 0 Å². The van der Waals surface area contributed by atoms with Crippen LogP contribution in [0.4, 0.5) is 13.2 Å². The van der Waals surface area contributed by atoms with Gasteiger partial charge in [0, 0.05) is 45.7 Å². The normalized spacial score (nSPS) is 18.1. The second kappa shape index (κ2) is 6.80. The fraction of sp³-hybridized carbons (Fsp3) is 0.900. The quantitative estimate of drug-likeness (QED) is 0.743. The first kappa shape index (κ1) is 14.2. The minimum Gasteiger partial charge on any atom is -0.355 e. The van der Waals surface area contributed by atoms with Crippen LogP contribution in [0, 0.1) is 0 Å². The van der Waals surface area contributed by atoms with Gasteiger partial charge in [-0.25, -0.2) is 0 Å². The van der Waals surface area contributed by atoms with E-state index in [1.807, 2.05) is 0 Å². The Morgan fingerprint density at radius 1 is 1.29 bits per heavy atom. The lowest BCUT2D eigenvalue weighted by atomic mass is 10.3. The summed E-state index contributed by atoms with van der Waals surface area (Å²) < 4.78 is 35.5. The molecule has 1 heterocycles. The number of hydrogen-bond donors (Lipinski definition) is 2. The van der Waals surface area contributed by atoms with Gasteiger partial charge < -0.3 is 10.6 Å². The zero-order valence-corrected chi connectivity index (χ0v) is 9.65. The minimum absolute atomic E-state index is 0.413. The van der Waals surface area contributed by atoms with Crippen molar-refractivity contribution in [3.8, 4) is 0 Å². The van der Waals surface area contributed by atoms with E-state index < -0.39 is 24.9 Å². The van der Waals surface area contributed by atoms with Gasteiger partial charge in [-0.3, -0.25) is 9.69 Å². The molecule has 1 amide bonds. The van der Waals surface area contributed by atoms with Crippen LogP contribution in [-0.2, 0) is 4.79 Å². The first-order valence-corrected chi connectivity index (χ1v) is 5.74. The molecule has 7 heteroatoms. The Morgan fingerprint density at radius 2 is 1.94 bits per heavy atom. The molecule has 100 valence electrons. The average Bonchev–Trinajstić information content (AvgIpc) is 2.27. The van der Waals surface area contributed by atoms with E-state index in [1.165, 1.54) is 0 Å². The van der Waals surface area contributed by atoms with E-state index in [1.54, 1.807) is 0 Å². The third-order valence-electron chi connectivity index (χ3n) is 2.60. The van der Waals surface area contributed by atoms with E-state index in [0.29, 0.717) is 13.1 Å². The Bertz CT molecular complexity index is 239. The minimum atomic E-state index is -4.25. The molecule has 4 nitrogen and oxygen atoms in total. The molecule has 0 bridgehead atoms. The summed E-state index contributed by atoms with van der Waals surface area (Å²) in [6.07, 6.45) is -5.78. The van der Waals surface area contributed by atoms with Crippen LogP contribution < -0.4 is 10.6 Å². The average molecular weight is 253 g/mol. The molecular formula is C10H18F3N3O. The van der Waals surface area contributed by atoms with Crippen molar-refractivity contribution in [2.75, 3.05) is 39.3 Å².